The Morgan fingerprint density at radius 1 is 1.34 bits per heavy atom. The summed E-state index contributed by atoms with van der Waals surface area (Å²) in [4.78, 5) is 19.1. The van der Waals surface area contributed by atoms with Gasteiger partial charge in [-0.15, -0.1) is 0 Å². The van der Waals surface area contributed by atoms with Crippen molar-refractivity contribution >= 4 is 17.7 Å². The third kappa shape index (κ3) is 4.26. The van der Waals surface area contributed by atoms with E-state index in [0.717, 1.165) is 28.6 Å². The lowest BCUT2D eigenvalue weighted by Crippen LogP contribution is -2.20. The fraction of sp³-hybridized carbons (Fsp3) is 0.263. The number of aromatic nitrogens is 4. The number of halogens is 1. The quantitative estimate of drug-likeness (QED) is 0.658. The molecule has 3 heterocycles. The lowest BCUT2D eigenvalue weighted by molar-refractivity contribution is 0.129. The number of nitrogens with zero attached hydrogens (tertiary/aromatic N) is 4. The Bertz CT molecular complexity index is 1050. The molecule has 0 saturated carbocycles. The standard InChI is InChI=1S/C19H19FN6O3/c1-11-3-12(13-6-23-26(9-13)10-15-7-22-19(27)29-15)5-14(4-11)24-18-21-8-16(20)17(25-18)28-2/h3-6,8-9,15H,7,10H2,1-2H3,(H,22,27)(H,21,24,25)/t15-/m0/s1. The Kier molecular flexibility index (Phi) is 4.98. The topological polar surface area (TPSA) is 103 Å². The number of ether oxygens (including phenoxy) is 2. The summed E-state index contributed by atoms with van der Waals surface area (Å²) in [5, 5.41) is 10.0. The van der Waals surface area contributed by atoms with Gasteiger partial charge in [0.25, 0.3) is 5.88 Å². The number of methoxy groups -OCH3 is 1. The summed E-state index contributed by atoms with van der Waals surface area (Å²) in [6.07, 6.45) is 4.05. The van der Waals surface area contributed by atoms with Gasteiger partial charge in [-0.3, -0.25) is 4.68 Å². The zero-order valence-corrected chi connectivity index (χ0v) is 15.8. The average molecular weight is 398 g/mol. The summed E-state index contributed by atoms with van der Waals surface area (Å²) >= 11 is 0. The molecular formula is C19H19FN6O3. The summed E-state index contributed by atoms with van der Waals surface area (Å²) in [7, 11) is 1.35. The maximum absolute atomic E-state index is 13.5. The summed E-state index contributed by atoms with van der Waals surface area (Å²) in [6.45, 7) is 2.90. The minimum atomic E-state index is -0.626. The van der Waals surface area contributed by atoms with Crippen molar-refractivity contribution in [2.45, 2.75) is 19.6 Å². The molecule has 3 aromatic rings. The van der Waals surface area contributed by atoms with Crippen molar-refractivity contribution in [3.8, 4) is 17.0 Å². The molecule has 0 spiro atoms. The molecule has 10 heteroatoms. The number of hydrogen-bond acceptors (Lipinski definition) is 7. The molecule has 9 nitrogen and oxygen atoms in total. The highest BCUT2D eigenvalue weighted by atomic mass is 19.1. The largest absolute Gasteiger partial charge is 0.479 e. The van der Waals surface area contributed by atoms with E-state index in [9.17, 15) is 9.18 Å². The maximum atomic E-state index is 13.5. The number of hydrogen-bond donors (Lipinski definition) is 2. The molecule has 1 aromatic carbocycles. The van der Waals surface area contributed by atoms with Crippen LogP contribution in [0.5, 0.6) is 5.88 Å². The second kappa shape index (κ2) is 7.74. The van der Waals surface area contributed by atoms with Gasteiger partial charge in [0.2, 0.25) is 11.8 Å². The van der Waals surface area contributed by atoms with E-state index in [2.05, 4.69) is 25.7 Å². The highest BCUT2D eigenvalue weighted by Crippen LogP contribution is 2.26. The number of carbonyl (C=O) groups excluding carboxylic acids is 1. The number of cyclic esters (lactones) is 1. The van der Waals surface area contributed by atoms with Crippen molar-refractivity contribution in [1.82, 2.24) is 25.1 Å². The minimum absolute atomic E-state index is 0.126. The second-order valence-corrected chi connectivity index (χ2v) is 6.62. The van der Waals surface area contributed by atoms with Gasteiger partial charge in [-0.05, 0) is 30.2 Å². The number of amides is 1. The number of aryl methyl sites for hydroxylation is 1. The second-order valence-electron chi connectivity index (χ2n) is 6.62. The Labute approximate surface area is 165 Å². The molecule has 29 heavy (non-hydrogen) atoms. The molecule has 1 aliphatic rings. The van der Waals surface area contributed by atoms with Crippen LogP contribution in [0, 0.1) is 12.7 Å². The molecule has 1 aliphatic heterocycles. The predicted octanol–water partition coefficient (Wildman–Crippen LogP) is 2.65. The fourth-order valence-corrected chi connectivity index (χ4v) is 3.06. The van der Waals surface area contributed by atoms with E-state index in [1.165, 1.54) is 7.11 Å². The van der Waals surface area contributed by atoms with Gasteiger partial charge >= 0.3 is 6.09 Å². The van der Waals surface area contributed by atoms with E-state index < -0.39 is 11.9 Å². The van der Waals surface area contributed by atoms with E-state index in [1.807, 2.05) is 31.3 Å². The number of carbonyl (C=O) groups is 1. The van der Waals surface area contributed by atoms with Gasteiger partial charge in [0, 0.05) is 17.4 Å². The van der Waals surface area contributed by atoms with Gasteiger partial charge in [0.1, 0.15) is 6.10 Å². The molecule has 0 radical (unpaired) electrons. The molecule has 0 bridgehead atoms. The molecule has 4 rings (SSSR count). The van der Waals surface area contributed by atoms with Gasteiger partial charge in [-0.25, -0.2) is 9.78 Å². The number of nitrogens with one attached hydrogen (secondary N) is 2. The van der Waals surface area contributed by atoms with Crippen molar-refractivity contribution in [3.05, 3.63) is 48.2 Å². The molecule has 1 saturated heterocycles. The molecule has 0 unspecified atom stereocenters. The zero-order chi connectivity index (χ0) is 20.4. The lowest BCUT2D eigenvalue weighted by atomic mass is 10.1. The monoisotopic (exact) mass is 398 g/mol. The zero-order valence-electron chi connectivity index (χ0n) is 15.8. The first-order valence-corrected chi connectivity index (χ1v) is 8.93. The van der Waals surface area contributed by atoms with Crippen LogP contribution >= 0.6 is 0 Å². The molecule has 2 N–H and O–H groups in total. The highest BCUT2D eigenvalue weighted by molar-refractivity contribution is 5.70. The highest BCUT2D eigenvalue weighted by Gasteiger charge is 2.23. The van der Waals surface area contributed by atoms with Crippen molar-refractivity contribution in [2.75, 3.05) is 19.0 Å². The first-order chi connectivity index (χ1) is 14.0. The SMILES string of the molecule is COc1nc(Nc2cc(C)cc(-c3cnn(C[C@@H]4CNC(=O)O4)c3)c2)ncc1F. The normalized spacial score (nSPS) is 15.7. The van der Waals surface area contributed by atoms with E-state index >= 15 is 0 Å². The van der Waals surface area contributed by atoms with Crippen molar-refractivity contribution in [2.24, 2.45) is 0 Å². The van der Waals surface area contributed by atoms with Crippen LogP contribution in [0.1, 0.15) is 5.56 Å². The third-order valence-corrected chi connectivity index (χ3v) is 4.34. The summed E-state index contributed by atoms with van der Waals surface area (Å²) in [5.41, 5.74) is 3.61. The molecule has 2 aromatic heterocycles. The van der Waals surface area contributed by atoms with Crippen molar-refractivity contribution in [3.63, 3.8) is 0 Å². The van der Waals surface area contributed by atoms with Crippen LogP contribution in [0.25, 0.3) is 11.1 Å². The van der Waals surface area contributed by atoms with Crippen LogP contribution in [0.3, 0.4) is 0 Å². The number of rotatable bonds is 6. The van der Waals surface area contributed by atoms with Crippen LogP contribution in [0.15, 0.2) is 36.8 Å². The molecule has 1 amide bonds. The number of benzene rings is 1. The molecular weight excluding hydrogens is 379 g/mol. The Hall–Kier alpha value is -3.69. The molecule has 1 fully saturated rings. The molecule has 150 valence electrons. The van der Waals surface area contributed by atoms with Gasteiger partial charge in [-0.1, -0.05) is 6.07 Å². The smallest absolute Gasteiger partial charge is 0.407 e. The first kappa shape index (κ1) is 18.7. The number of anilines is 2. The van der Waals surface area contributed by atoms with Crippen LogP contribution < -0.4 is 15.4 Å². The van der Waals surface area contributed by atoms with Gasteiger partial charge < -0.3 is 20.1 Å². The first-order valence-electron chi connectivity index (χ1n) is 8.93. The molecule has 0 aliphatic carbocycles. The molecule has 1 atom stereocenters. The fourth-order valence-electron chi connectivity index (χ4n) is 3.06. The maximum Gasteiger partial charge on any atom is 0.407 e. The lowest BCUT2D eigenvalue weighted by Gasteiger charge is -2.10. The predicted molar refractivity (Wildman–Crippen MR) is 102 cm³/mol. The summed E-state index contributed by atoms with van der Waals surface area (Å²) in [5.74, 6) is -0.525. The number of alkyl carbamates (subject to hydrolysis) is 1. The van der Waals surface area contributed by atoms with Crippen molar-refractivity contribution < 1.29 is 18.7 Å². The average Bonchev–Trinajstić information content (AvgIpc) is 3.32. The summed E-state index contributed by atoms with van der Waals surface area (Å²) in [6, 6.07) is 5.87. The summed E-state index contributed by atoms with van der Waals surface area (Å²) < 4.78 is 25.3. The van der Waals surface area contributed by atoms with Crippen molar-refractivity contribution in [1.29, 1.82) is 0 Å². The Balaban J connectivity index is 1.53. The Morgan fingerprint density at radius 2 is 2.21 bits per heavy atom. The van der Waals surface area contributed by atoms with Crippen LogP contribution in [-0.2, 0) is 11.3 Å². The van der Waals surface area contributed by atoms with E-state index in [1.54, 1.807) is 10.9 Å². The van der Waals surface area contributed by atoms with Gasteiger partial charge in [-0.2, -0.15) is 14.5 Å². The van der Waals surface area contributed by atoms with Crippen LogP contribution in [0.2, 0.25) is 0 Å². The third-order valence-electron chi connectivity index (χ3n) is 4.34. The Morgan fingerprint density at radius 3 is 2.97 bits per heavy atom. The van der Waals surface area contributed by atoms with Gasteiger partial charge in [0.15, 0.2) is 0 Å². The van der Waals surface area contributed by atoms with E-state index in [4.69, 9.17) is 9.47 Å². The van der Waals surface area contributed by atoms with Crippen LogP contribution in [0.4, 0.5) is 20.8 Å². The van der Waals surface area contributed by atoms with E-state index in [0.29, 0.717) is 13.1 Å². The minimum Gasteiger partial charge on any atom is -0.479 e. The van der Waals surface area contributed by atoms with Gasteiger partial charge in [0.05, 0.1) is 32.6 Å². The van der Waals surface area contributed by atoms with Crippen LogP contribution in [-0.4, -0.2) is 45.6 Å². The van der Waals surface area contributed by atoms with E-state index in [-0.39, 0.29) is 17.9 Å².